The normalized spacial score (nSPS) is 16.5. The molecule has 0 bridgehead atoms. The number of ether oxygens (including phenoxy) is 1. The molecule has 2 heterocycles. The third-order valence-corrected chi connectivity index (χ3v) is 5.40. The summed E-state index contributed by atoms with van der Waals surface area (Å²) in [4.78, 5) is 30.3. The molecule has 2 amide bonds. The Bertz CT molecular complexity index is 872. The molecular weight excluding hydrogens is 452 g/mol. The van der Waals surface area contributed by atoms with E-state index in [2.05, 4.69) is 26.2 Å². The zero-order valence-electron chi connectivity index (χ0n) is 16.5. The van der Waals surface area contributed by atoms with E-state index in [0.29, 0.717) is 31.0 Å². The van der Waals surface area contributed by atoms with Crippen LogP contribution < -0.4 is 15.8 Å². The van der Waals surface area contributed by atoms with Crippen LogP contribution in [0.1, 0.15) is 35.2 Å². The number of aromatic nitrogens is 1. The summed E-state index contributed by atoms with van der Waals surface area (Å²) < 4.78 is 6.45. The number of halogens is 1. The van der Waals surface area contributed by atoms with Gasteiger partial charge in [-0.2, -0.15) is 0 Å². The maximum atomic E-state index is 12.6. The van der Waals surface area contributed by atoms with Crippen LogP contribution in [0.3, 0.4) is 0 Å². The average molecular weight is 477 g/mol. The van der Waals surface area contributed by atoms with E-state index in [-0.39, 0.29) is 0 Å². The van der Waals surface area contributed by atoms with E-state index < -0.39 is 24.1 Å². The van der Waals surface area contributed by atoms with Crippen LogP contribution in [0, 0.1) is 0 Å². The summed E-state index contributed by atoms with van der Waals surface area (Å²) in [7, 11) is 0. The molecule has 1 aliphatic heterocycles. The molecule has 9 heteroatoms. The van der Waals surface area contributed by atoms with Crippen LogP contribution >= 0.6 is 15.9 Å². The topological polar surface area (TPSA) is 118 Å². The zero-order valence-corrected chi connectivity index (χ0v) is 18.0. The lowest BCUT2D eigenvalue weighted by atomic mass is 10.1. The second kappa shape index (κ2) is 10.5. The fourth-order valence-electron chi connectivity index (χ4n) is 3.31. The van der Waals surface area contributed by atoms with Gasteiger partial charge in [0.2, 0.25) is 5.91 Å². The fourth-order valence-corrected chi connectivity index (χ4v) is 3.72. The number of amides is 2. The monoisotopic (exact) mass is 476 g/mol. The van der Waals surface area contributed by atoms with Crippen molar-refractivity contribution in [2.24, 2.45) is 5.73 Å². The number of aliphatic hydroxyl groups excluding tert-OH is 1. The van der Waals surface area contributed by atoms with E-state index in [1.165, 1.54) is 0 Å². The van der Waals surface area contributed by atoms with Crippen LogP contribution in [0.15, 0.2) is 47.2 Å². The van der Waals surface area contributed by atoms with Crippen molar-refractivity contribution in [2.45, 2.75) is 38.1 Å². The number of nitrogens with zero attached hydrogens (tertiary/aromatic N) is 2. The molecule has 1 aromatic heterocycles. The molecule has 8 nitrogen and oxygen atoms in total. The SMILES string of the molecule is NC(=O)[C@@H](NC(=O)c1ccc(OCc2ccnc(Br)c2)cc1)C(O)N1CCCCC1. The highest BCUT2D eigenvalue weighted by Crippen LogP contribution is 2.17. The first-order valence-electron chi connectivity index (χ1n) is 9.79. The number of nitrogens with one attached hydrogen (secondary N) is 1. The maximum absolute atomic E-state index is 12.6. The number of likely N-dealkylation sites (tertiary alicyclic amines) is 1. The summed E-state index contributed by atoms with van der Waals surface area (Å²) in [5.41, 5.74) is 6.72. The lowest BCUT2D eigenvalue weighted by Crippen LogP contribution is -2.58. The van der Waals surface area contributed by atoms with Gasteiger partial charge in [-0.05, 0) is 70.7 Å². The van der Waals surface area contributed by atoms with Gasteiger partial charge in [-0.15, -0.1) is 0 Å². The number of nitrogens with two attached hydrogens (primary N) is 1. The Morgan fingerprint density at radius 1 is 1.20 bits per heavy atom. The first-order valence-corrected chi connectivity index (χ1v) is 10.6. The number of carbonyl (C=O) groups excluding carboxylic acids is 2. The van der Waals surface area contributed by atoms with Gasteiger partial charge in [0.15, 0.2) is 0 Å². The molecule has 2 aromatic rings. The number of hydrogen-bond acceptors (Lipinski definition) is 6. The predicted octanol–water partition coefficient (Wildman–Crippen LogP) is 1.81. The second-order valence-electron chi connectivity index (χ2n) is 7.16. The van der Waals surface area contributed by atoms with Gasteiger partial charge in [-0.3, -0.25) is 14.5 Å². The minimum atomic E-state index is -1.18. The van der Waals surface area contributed by atoms with Gasteiger partial charge in [0.25, 0.3) is 5.91 Å². The molecule has 2 atom stereocenters. The lowest BCUT2D eigenvalue weighted by molar-refractivity contribution is -0.127. The van der Waals surface area contributed by atoms with Crippen molar-refractivity contribution in [3.63, 3.8) is 0 Å². The van der Waals surface area contributed by atoms with E-state index in [0.717, 1.165) is 29.4 Å². The molecule has 4 N–H and O–H groups in total. The van der Waals surface area contributed by atoms with Crippen LogP contribution in [0.25, 0.3) is 0 Å². The molecule has 1 fully saturated rings. The molecule has 1 aromatic carbocycles. The molecule has 0 spiro atoms. The number of carbonyl (C=O) groups is 2. The highest BCUT2D eigenvalue weighted by atomic mass is 79.9. The Kier molecular flexibility index (Phi) is 7.78. The molecular formula is C21H25BrN4O4. The first-order chi connectivity index (χ1) is 14.4. The Balaban J connectivity index is 1.59. The predicted molar refractivity (Wildman–Crippen MR) is 115 cm³/mol. The first kappa shape index (κ1) is 22.2. The van der Waals surface area contributed by atoms with Crippen molar-refractivity contribution in [3.8, 4) is 5.75 Å². The summed E-state index contributed by atoms with van der Waals surface area (Å²) in [6.45, 7) is 1.69. The molecule has 1 unspecified atom stereocenters. The lowest BCUT2D eigenvalue weighted by Gasteiger charge is -2.34. The van der Waals surface area contributed by atoms with Gasteiger partial charge in [0, 0.05) is 24.8 Å². The van der Waals surface area contributed by atoms with Gasteiger partial charge in [0.05, 0.1) is 0 Å². The van der Waals surface area contributed by atoms with Crippen LogP contribution in [0.5, 0.6) is 5.75 Å². The van der Waals surface area contributed by atoms with Gasteiger partial charge >= 0.3 is 0 Å². The smallest absolute Gasteiger partial charge is 0.252 e. The Hall–Kier alpha value is -2.49. The van der Waals surface area contributed by atoms with Crippen molar-refractivity contribution in [1.29, 1.82) is 0 Å². The van der Waals surface area contributed by atoms with Gasteiger partial charge in [-0.1, -0.05) is 6.42 Å². The molecule has 1 saturated heterocycles. The summed E-state index contributed by atoms with van der Waals surface area (Å²) in [6, 6.07) is 9.06. The van der Waals surface area contributed by atoms with Crippen molar-refractivity contribution in [2.75, 3.05) is 13.1 Å². The van der Waals surface area contributed by atoms with Gasteiger partial charge < -0.3 is 20.9 Å². The number of primary amides is 1. The van der Waals surface area contributed by atoms with Crippen LogP contribution in [0.4, 0.5) is 0 Å². The van der Waals surface area contributed by atoms with E-state index >= 15 is 0 Å². The molecule has 0 saturated carbocycles. The standard InChI is InChI=1S/C21H25BrN4O4/c22-17-12-14(8-9-24-17)13-30-16-6-4-15(5-7-16)20(28)25-18(19(23)27)21(29)26-10-2-1-3-11-26/h4-9,12,18,21,29H,1-3,10-11,13H2,(H2,23,27)(H,25,28)/t18-,21?/m1/s1. The van der Waals surface area contributed by atoms with Crippen LogP contribution in [-0.2, 0) is 11.4 Å². The molecule has 1 aliphatic rings. The minimum absolute atomic E-state index is 0.339. The van der Waals surface area contributed by atoms with E-state index in [4.69, 9.17) is 10.5 Å². The zero-order chi connectivity index (χ0) is 21.5. The molecule has 3 rings (SSSR count). The summed E-state index contributed by atoms with van der Waals surface area (Å²) >= 11 is 3.31. The average Bonchev–Trinajstić information content (AvgIpc) is 2.76. The Morgan fingerprint density at radius 3 is 2.53 bits per heavy atom. The van der Waals surface area contributed by atoms with E-state index in [1.807, 2.05) is 12.1 Å². The molecule has 0 radical (unpaired) electrons. The van der Waals surface area contributed by atoms with E-state index in [1.54, 1.807) is 35.4 Å². The molecule has 0 aliphatic carbocycles. The van der Waals surface area contributed by atoms with Crippen molar-refractivity contribution in [1.82, 2.24) is 15.2 Å². The van der Waals surface area contributed by atoms with Crippen molar-refractivity contribution < 1.29 is 19.4 Å². The van der Waals surface area contributed by atoms with Crippen LogP contribution in [-0.4, -0.2) is 52.2 Å². The number of pyridine rings is 1. The highest BCUT2D eigenvalue weighted by molar-refractivity contribution is 9.10. The van der Waals surface area contributed by atoms with Crippen molar-refractivity contribution >= 4 is 27.7 Å². The second-order valence-corrected chi connectivity index (χ2v) is 7.98. The number of benzene rings is 1. The van der Waals surface area contributed by atoms with Crippen molar-refractivity contribution in [3.05, 3.63) is 58.3 Å². The van der Waals surface area contributed by atoms with Gasteiger partial charge in [0.1, 0.15) is 29.2 Å². The summed E-state index contributed by atoms with van der Waals surface area (Å²) in [6.07, 6.45) is 3.50. The molecule has 160 valence electrons. The van der Waals surface area contributed by atoms with Crippen LogP contribution in [0.2, 0.25) is 0 Å². The molecule has 30 heavy (non-hydrogen) atoms. The Morgan fingerprint density at radius 2 is 1.90 bits per heavy atom. The number of piperidine rings is 1. The largest absolute Gasteiger partial charge is 0.489 e. The Labute approximate surface area is 183 Å². The fraction of sp³-hybridized carbons (Fsp3) is 0.381. The summed E-state index contributed by atoms with van der Waals surface area (Å²) in [5, 5.41) is 13.1. The number of aliphatic hydroxyl groups is 1. The minimum Gasteiger partial charge on any atom is -0.489 e. The quantitative estimate of drug-likeness (QED) is 0.500. The maximum Gasteiger partial charge on any atom is 0.252 e. The third-order valence-electron chi connectivity index (χ3n) is 4.97. The van der Waals surface area contributed by atoms with Gasteiger partial charge in [-0.25, -0.2) is 4.98 Å². The third kappa shape index (κ3) is 6.01. The highest BCUT2D eigenvalue weighted by Gasteiger charge is 2.32. The summed E-state index contributed by atoms with van der Waals surface area (Å²) in [5.74, 6) is -0.663. The van der Waals surface area contributed by atoms with E-state index in [9.17, 15) is 14.7 Å². The number of rotatable bonds is 8. The number of hydrogen-bond donors (Lipinski definition) is 3.